The first-order valence-corrected chi connectivity index (χ1v) is 9.39. The van der Waals surface area contributed by atoms with Crippen LogP contribution >= 0.6 is 11.3 Å². The van der Waals surface area contributed by atoms with Gasteiger partial charge in [-0.05, 0) is 59.8 Å². The molecule has 10 heteroatoms. The number of hydrogen-bond donors (Lipinski definition) is 1. The van der Waals surface area contributed by atoms with Gasteiger partial charge < -0.3 is 10.1 Å². The molecule has 1 N–H and O–H groups in total. The van der Waals surface area contributed by atoms with E-state index < -0.39 is 11.7 Å². The summed E-state index contributed by atoms with van der Waals surface area (Å²) in [5.74, 6) is 0.193. The SMILES string of the molecule is COc1ccc(-c2nc(C(=O)Nc3cc(-n4nnnc4C)ccc3F)cs2)cc1. The van der Waals surface area contributed by atoms with Gasteiger partial charge in [-0.3, -0.25) is 4.79 Å². The van der Waals surface area contributed by atoms with Gasteiger partial charge in [0.1, 0.15) is 22.3 Å². The minimum Gasteiger partial charge on any atom is -0.497 e. The number of halogens is 1. The molecule has 0 bridgehead atoms. The van der Waals surface area contributed by atoms with E-state index in [0.717, 1.165) is 11.3 Å². The lowest BCUT2D eigenvalue weighted by atomic mass is 10.2. The van der Waals surface area contributed by atoms with Gasteiger partial charge in [0.05, 0.1) is 18.5 Å². The van der Waals surface area contributed by atoms with Gasteiger partial charge in [0, 0.05) is 10.9 Å². The Morgan fingerprint density at radius 1 is 1.21 bits per heavy atom. The molecule has 4 aromatic rings. The highest BCUT2D eigenvalue weighted by molar-refractivity contribution is 7.13. The number of amides is 1. The fraction of sp³-hybridized carbons (Fsp3) is 0.105. The molecule has 2 aromatic heterocycles. The Balaban J connectivity index is 1.55. The van der Waals surface area contributed by atoms with Gasteiger partial charge in [-0.25, -0.2) is 9.37 Å². The molecule has 0 atom stereocenters. The number of methoxy groups -OCH3 is 1. The van der Waals surface area contributed by atoms with Gasteiger partial charge in [-0.15, -0.1) is 16.4 Å². The van der Waals surface area contributed by atoms with E-state index in [4.69, 9.17) is 4.74 Å². The van der Waals surface area contributed by atoms with Crippen LogP contribution in [0.2, 0.25) is 0 Å². The smallest absolute Gasteiger partial charge is 0.275 e. The van der Waals surface area contributed by atoms with Gasteiger partial charge in [0.25, 0.3) is 5.91 Å². The summed E-state index contributed by atoms with van der Waals surface area (Å²) in [6.07, 6.45) is 0. The summed E-state index contributed by atoms with van der Waals surface area (Å²) >= 11 is 1.33. The first-order chi connectivity index (χ1) is 14.0. The van der Waals surface area contributed by atoms with Gasteiger partial charge in [-0.2, -0.15) is 4.68 Å². The molecule has 4 rings (SSSR count). The monoisotopic (exact) mass is 410 g/mol. The summed E-state index contributed by atoms with van der Waals surface area (Å²) in [5, 5.41) is 16.1. The average molecular weight is 410 g/mol. The second kappa shape index (κ2) is 7.76. The summed E-state index contributed by atoms with van der Waals surface area (Å²) in [5.41, 5.74) is 1.60. The quantitative estimate of drug-likeness (QED) is 0.541. The van der Waals surface area contributed by atoms with Gasteiger partial charge in [0.2, 0.25) is 0 Å². The van der Waals surface area contributed by atoms with E-state index in [1.54, 1.807) is 19.4 Å². The Kier molecular flexibility index (Phi) is 5.00. The van der Waals surface area contributed by atoms with Crippen molar-refractivity contribution in [2.75, 3.05) is 12.4 Å². The Hall–Kier alpha value is -3.66. The number of aryl methyl sites for hydroxylation is 1. The third-order valence-electron chi connectivity index (χ3n) is 4.14. The van der Waals surface area contributed by atoms with Crippen LogP contribution < -0.4 is 10.1 Å². The van der Waals surface area contributed by atoms with Crippen LogP contribution in [0.5, 0.6) is 5.75 Å². The number of aromatic nitrogens is 5. The first-order valence-electron chi connectivity index (χ1n) is 8.51. The van der Waals surface area contributed by atoms with Crippen LogP contribution in [-0.2, 0) is 0 Å². The topological polar surface area (TPSA) is 94.8 Å². The maximum atomic E-state index is 14.2. The number of hydrogen-bond acceptors (Lipinski definition) is 7. The summed E-state index contributed by atoms with van der Waals surface area (Å²) in [7, 11) is 1.59. The molecule has 0 aliphatic carbocycles. The normalized spacial score (nSPS) is 10.7. The van der Waals surface area contributed by atoms with Crippen molar-refractivity contribution < 1.29 is 13.9 Å². The maximum absolute atomic E-state index is 14.2. The number of carbonyl (C=O) groups excluding carboxylic acids is 1. The lowest BCUT2D eigenvalue weighted by Crippen LogP contribution is -2.14. The molecule has 8 nitrogen and oxygen atoms in total. The Bertz CT molecular complexity index is 1170. The van der Waals surface area contributed by atoms with Crippen LogP contribution in [0.4, 0.5) is 10.1 Å². The number of ether oxygens (including phenoxy) is 1. The van der Waals surface area contributed by atoms with Crippen LogP contribution in [0.3, 0.4) is 0 Å². The molecule has 0 radical (unpaired) electrons. The number of thiazole rings is 1. The van der Waals surface area contributed by atoms with Crippen molar-refractivity contribution in [3.05, 3.63) is 65.2 Å². The predicted octanol–water partition coefficient (Wildman–Crippen LogP) is 3.49. The Morgan fingerprint density at radius 3 is 2.69 bits per heavy atom. The van der Waals surface area contributed by atoms with Crippen molar-refractivity contribution in [2.24, 2.45) is 0 Å². The van der Waals surface area contributed by atoms with Crippen molar-refractivity contribution in [1.82, 2.24) is 25.2 Å². The second-order valence-electron chi connectivity index (χ2n) is 6.02. The predicted molar refractivity (Wildman–Crippen MR) is 106 cm³/mol. The highest BCUT2D eigenvalue weighted by atomic mass is 32.1. The second-order valence-corrected chi connectivity index (χ2v) is 6.88. The molecule has 0 fully saturated rings. The molecule has 0 aliphatic heterocycles. The van der Waals surface area contributed by atoms with Crippen molar-refractivity contribution in [3.8, 4) is 22.0 Å². The number of rotatable bonds is 5. The third kappa shape index (κ3) is 3.83. The van der Waals surface area contributed by atoms with E-state index in [0.29, 0.717) is 16.5 Å². The fourth-order valence-corrected chi connectivity index (χ4v) is 3.45. The number of nitrogens with one attached hydrogen (secondary N) is 1. The zero-order valence-corrected chi connectivity index (χ0v) is 16.3. The van der Waals surface area contributed by atoms with Crippen LogP contribution in [0.1, 0.15) is 16.3 Å². The zero-order valence-electron chi connectivity index (χ0n) is 15.5. The zero-order chi connectivity index (χ0) is 20.4. The van der Waals surface area contributed by atoms with E-state index in [1.165, 1.54) is 34.2 Å². The summed E-state index contributed by atoms with van der Waals surface area (Å²) in [6.45, 7) is 1.72. The van der Waals surface area contributed by atoms with Gasteiger partial charge >= 0.3 is 0 Å². The average Bonchev–Trinajstić information content (AvgIpc) is 3.39. The summed E-state index contributed by atoms with van der Waals surface area (Å²) < 4.78 is 20.8. The fourth-order valence-electron chi connectivity index (χ4n) is 2.64. The van der Waals surface area contributed by atoms with Crippen LogP contribution in [0, 0.1) is 12.7 Å². The Labute approximate surface area is 169 Å². The molecule has 2 aromatic carbocycles. The molecular formula is C19H15FN6O2S. The molecule has 0 unspecified atom stereocenters. The molecule has 0 saturated heterocycles. The molecule has 0 saturated carbocycles. The van der Waals surface area contributed by atoms with E-state index in [1.807, 2.05) is 24.3 Å². The standard InChI is InChI=1S/C19H15FN6O2S/c1-11-23-24-25-26(11)13-5-8-15(20)16(9-13)21-18(27)17-10-29-19(22-17)12-3-6-14(28-2)7-4-12/h3-10H,1-2H3,(H,21,27). The number of tetrazole rings is 1. The van der Waals surface area contributed by atoms with Gasteiger partial charge in [-0.1, -0.05) is 0 Å². The highest BCUT2D eigenvalue weighted by Crippen LogP contribution is 2.26. The van der Waals surface area contributed by atoms with Crippen molar-refractivity contribution in [1.29, 1.82) is 0 Å². The molecule has 0 spiro atoms. The number of nitrogens with zero attached hydrogens (tertiary/aromatic N) is 5. The number of benzene rings is 2. The molecule has 146 valence electrons. The van der Waals surface area contributed by atoms with Crippen LogP contribution in [-0.4, -0.2) is 38.2 Å². The largest absolute Gasteiger partial charge is 0.497 e. The van der Waals surface area contributed by atoms with Gasteiger partial charge in [0.15, 0.2) is 5.82 Å². The molecular weight excluding hydrogens is 395 g/mol. The summed E-state index contributed by atoms with van der Waals surface area (Å²) in [4.78, 5) is 16.9. The van der Waals surface area contributed by atoms with E-state index in [2.05, 4.69) is 25.8 Å². The summed E-state index contributed by atoms with van der Waals surface area (Å²) in [6, 6.07) is 11.6. The molecule has 0 aliphatic rings. The van der Waals surface area contributed by atoms with Crippen molar-refractivity contribution in [2.45, 2.75) is 6.92 Å². The van der Waals surface area contributed by atoms with E-state index >= 15 is 0 Å². The lowest BCUT2D eigenvalue weighted by molar-refractivity contribution is 0.102. The highest BCUT2D eigenvalue weighted by Gasteiger charge is 2.15. The minimum atomic E-state index is -0.571. The minimum absolute atomic E-state index is 0.0152. The van der Waals surface area contributed by atoms with Crippen molar-refractivity contribution >= 4 is 22.9 Å². The lowest BCUT2D eigenvalue weighted by Gasteiger charge is -2.08. The third-order valence-corrected chi connectivity index (χ3v) is 5.03. The van der Waals surface area contributed by atoms with Crippen molar-refractivity contribution in [3.63, 3.8) is 0 Å². The number of carbonyl (C=O) groups is 1. The van der Waals surface area contributed by atoms with E-state index in [-0.39, 0.29) is 11.4 Å². The molecule has 29 heavy (non-hydrogen) atoms. The van der Waals surface area contributed by atoms with E-state index in [9.17, 15) is 9.18 Å². The maximum Gasteiger partial charge on any atom is 0.275 e. The Morgan fingerprint density at radius 2 is 2.00 bits per heavy atom. The van der Waals surface area contributed by atoms with Crippen LogP contribution in [0.25, 0.3) is 16.3 Å². The first kappa shape index (κ1) is 18.7. The number of anilines is 1. The van der Waals surface area contributed by atoms with Crippen LogP contribution in [0.15, 0.2) is 47.8 Å². The molecule has 2 heterocycles. The molecule has 1 amide bonds.